The van der Waals surface area contributed by atoms with Crippen LogP contribution in [-0.2, 0) is 0 Å². The molecule has 0 spiro atoms. The van der Waals surface area contributed by atoms with Crippen molar-refractivity contribution in [1.82, 2.24) is 0 Å². The number of aliphatic hydroxyl groups is 1. The largest absolute Gasteiger partial charge is 0.508 e. The lowest BCUT2D eigenvalue weighted by Gasteiger charge is -2.31. The van der Waals surface area contributed by atoms with Gasteiger partial charge in [0, 0.05) is 12.0 Å². The van der Waals surface area contributed by atoms with Gasteiger partial charge >= 0.3 is 0 Å². The van der Waals surface area contributed by atoms with Crippen LogP contribution in [0.1, 0.15) is 23.1 Å². The fourth-order valence-corrected chi connectivity index (χ4v) is 2.53. The number of rotatable bonds is 1. The number of fused-ring (bicyclic) bond motifs is 1. The number of phenols is 4. The van der Waals surface area contributed by atoms with Crippen molar-refractivity contribution in [3.63, 3.8) is 0 Å². The van der Waals surface area contributed by atoms with Crippen molar-refractivity contribution in [3.8, 4) is 28.7 Å². The minimum atomic E-state index is -1.11. The molecule has 1 aliphatic heterocycles. The molecule has 2 atom stereocenters. The van der Waals surface area contributed by atoms with E-state index >= 15 is 0 Å². The molecule has 21 heavy (non-hydrogen) atoms. The number of hydrogen-bond acceptors (Lipinski definition) is 6. The van der Waals surface area contributed by atoms with Gasteiger partial charge in [-0.15, -0.1) is 0 Å². The summed E-state index contributed by atoms with van der Waals surface area (Å²) in [7, 11) is 0. The van der Waals surface area contributed by atoms with Gasteiger partial charge in [-0.2, -0.15) is 0 Å². The van der Waals surface area contributed by atoms with Crippen LogP contribution in [0.4, 0.5) is 0 Å². The maximum absolute atomic E-state index is 10.4. The molecule has 2 aromatic carbocycles. The highest BCUT2D eigenvalue weighted by atomic mass is 16.5. The van der Waals surface area contributed by atoms with Gasteiger partial charge < -0.3 is 30.3 Å². The van der Waals surface area contributed by atoms with Crippen LogP contribution in [0.25, 0.3) is 0 Å². The van der Waals surface area contributed by atoms with Gasteiger partial charge in [0.1, 0.15) is 11.5 Å². The summed E-state index contributed by atoms with van der Waals surface area (Å²) in [6.07, 6.45) is -1.11. The first-order chi connectivity index (χ1) is 9.99. The highest BCUT2D eigenvalue weighted by molar-refractivity contribution is 5.62. The Labute approximate surface area is 120 Å². The van der Waals surface area contributed by atoms with Gasteiger partial charge in [0.25, 0.3) is 0 Å². The summed E-state index contributed by atoms with van der Waals surface area (Å²) in [6, 6.07) is 7.24. The minimum Gasteiger partial charge on any atom is -0.508 e. The van der Waals surface area contributed by atoms with Crippen LogP contribution in [0.3, 0.4) is 0 Å². The lowest BCUT2D eigenvalue weighted by atomic mass is 9.86. The van der Waals surface area contributed by atoms with Crippen molar-refractivity contribution in [2.24, 2.45) is 0 Å². The third kappa shape index (κ3) is 2.09. The normalized spacial score (nSPS) is 20.6. The molecule has 0 bridgehead atoms. The minimum absolute atomic E-state index is 0.0367. The Balaban J connectivity index is 2.05. The Morgan fingerprint density at radius 2 is 1.62 bits per heavy atom. The second kappa shape index (κ2) is 4.75. The molecule has 1 aliphatic rings. The summed E-state index contributed by atoms with van der Waals surface area (Å²) in [4.78, 5) is 0. The van der Waals surface area contributed by atoms with Gasteiger partial charge in [0.15, 0.2) is 11.5 Å². The molecule has 0 amide bonds. The Kier molecular flexibility index (Phi) is 3.03. The number of hydrogen-bond donors (Lipinski definition) is 5. The van der Waals surface area contributed by atoms with E-state index in [0.717, 1.165) is 11.6 Å². The molecule has 5 N–H and O–H groups in total. The van der Waals surface area contributed by atoms with E-state index in [0.29, 0.717) is 0 Å². The summed E-state index contributed by atoms with van der Waals surface area (Å²) >= 11 is 0. The van der Waals surface area contributed by atoms with Crippen molar-refractivity contribution >= 4 is 0 Å². The Bertz CT molecular complexity index is 680. The molecule has 110 valence electrons. The van der Waals surface area contributed by atoms with Crippen LogP contribution in [0.15, 0.2) is 30.3 Å². The third-order valence-electron chi connectivity index (χ3n) is 3.66. The number of aliphatic hydroxyl groups excluding tert-OH is 1. The summed E-state index contributed by atoms with van der Waals surface area (Å²) in [5.74, 6) is -1.84. The Morgan fingerprint density at radius 1 is 0.952 bits per heavy atom. The number of benzene rings is 2. The molecule has 2 unspecified atom stereocenters. The summed E-state index contributed by atoms with van der Waals surface area (Å²) in [5, 5.41) is 48.8. The Hall–Kier alpha value is -2.60. The second-order valence-electron chi connectivity index (χ2n) is 4.96. The van der Waals surface area contributed by atoms with Gasteiger partial charge in [-0.1, -0.05) is 12.1 Å². The van der Waals surface area contributed by atoms with Crippen molar-refractivity contribution < 1.29 is 30.3 Å². The highest BCUT2D eigenvalue weighted by Crippen LogP contribution is 2.52. The van der Waals surface area contributed by atoms with Gasteiger partial charge in [-0.05, 0) is 17.7 Å². The fraction of sp³-hybridized carbons (Fsp3) is 0.200. The zero-order valence-corrected chi connectivity index (χ0v) is 10.9. The molecule has 6 heteroatoms. The molecular formula is C15H14O6. The van der Waals surface area contributed by atoms with Gasteiger partial charge in [-0.25, -0.2) is 0 Å². The SMILES string of the molecule is Oc1ccc(C2COc3c(O)c(O)cc(O)c3C2O)cc1. The van der Waals surface area contributed by atoms with E-state index in [1.807, 2.05) is 0 Å². The first-order valence-corrected chi connectivity index (χ1v) is 6.36. The van der Waals surface area contributed by atoms with E-state index in [9.17, 15) is 25.5 Å². The lowest BCUT2D eigenvalue weighted by molar-refractivity contribution is 0.0834. The van der Waals surface area contributed by atoms with Crippen molar-refractivity contribution in [2.75, 3.05) is 6.61 Å². The van der Waals surface area contributed by atoms with Crippen LogP contribution >= 0.6 is 0 Å². The summed E-state index contributed by atoms with van der Waals surface area (Å²) in [6.45, 7) is 0.0649. The lowest BCUT2D eigenvalue weighted by Crippen LogP contribution is -2.24. The van der Waals surface area contributed by atoms with Gasteiger partial charge in [0.2, 0.25) is 5.75 Å². The topological polar surface area (TPSA) is 110 Å². The van der Waals surface area contributed by atoms with E-state index in [1.165, 1.54) is 12.1 Å². The summed E-state index contributed by atoms with van der Waals surface area (Å²) < 4.78 is 5.39. The molecular weight excluding hydrogens is 276 g/mol. The second-order valence-corrected chi connectivity index (χ2v) is 4.96. The van der Waals surface area contributed by atoms with E-state index in [2.05, 4.69) is 0 Å². The van der Waals surface area contributed by atoms with Crippen LogP contribution in [0, 0.1) is 0 Å². The van der Waals surface area contributed by atoms with Crippen LogP contribution in [0.5, 0.6) is 28.7 Å². The van der Waals surface area contributed by atoms with Crippen LogP contribution < -0.4 is 4.74 Å². The van der Waals surface area contributed by atoms with E-state index < -0.39 is 23.5 Å². The number of phenolic OH excluding ortho intramolecular Hbond substituents is 4. The fourth-order valence-electron chi connectivity index (χ4n) is 2.53. The monoisotopic (exact) mass is 290 g/mol. The molecule has 0 aliphatic carbocycles. The van der Waals surface area contributed by atoms with Crippen molar-refractivity contribution in [1.29, 1.82) is 0 Å². The maximum atomic E-state index is 10.4. The molecule has 6 nitrogen and oxygen atoms in total. The highest BCUT2D eigenvalue weighted by Gasteiger charge is 2.35. The Morgan fingerprint density at radius 3 is 2.29 bits per heavy atom. The van der Waals surface area contributed by atoms with Gasteiger partial charge in [-0.3, -0.25) is 0 Å². The zero-order valence-electron chi connectivity index (χ0n) is 10.9. The maximum Gasteiger partial charge on any atom is 0.201 e. The molecule has 3 rings (SSSR count). The third-order valence-corrected chi connectivity index (χ3v) is 3.66. The molecule has 0 aromatic heterocycles. The summed E-state index contributed by atoms with van der Waals surface area (Å²) in [5.41, 5.74) is 0.757. The molecule has 2 aromatic rings. The standard InChI is InChI=1S/C15H14O6/c16-8-3-1-7(2-4-8)9-6-21-15-12(13(9)19)10(17)5-11(18)14(15)20/h1-5,9,13,16-20H,6H2. The predicted molar refractivity (Wildman–Crippen MR) is 72.7 cm³/mol. The average Bonchev–Trinajstić information content (AvgIpc) is 2.45. The molecule has 0 saturated heterocycles. The molecule has 0 radical (unpaired) electrons. The predicted octanol–water partition coefficient (Wildman–Crippen LogP) is 1.72. The van der Waals surface area contributed by atoms with E-state index in [4.69, 9.17) is 4.74 Å². The van der Waals surface area contributed by atoms with E-state index in [1.54, 1.807) is 12.1 Å². The molecule has 0 saturated carbocycles. The van der Waals surface area contributed by atoms with E-state index in [-0.39, 0.29) is 29.4 Å². The quantitative estimate of drug-likeness (QED) is 0.404. The van der Waals surface area contributed by atoms with Crippen molar-refractivity contribution in [3.05, 3.63) is 41.5 Å². The first kappa shape index (κ1) is 13.4. The van der Waals surface area contributed by atoms with Gasteiger partial charge in [0.05, 0.1) is 18.3 Å². The number of aromatic hydroxyl groups is 4. The average molecular weight is 290 g/mol. The van der Waals surface area contributed by atoms with Crippen molar-refractivity contribution in [2.45, 2.75) is 12.0 Å². The zero-order chi connectivity index (χ0) is 15.1. The molecule has 1 heterocycles. The van der Waals surface area contributed by atoms with Crippen LogP contribution in [-0.4, -0.2) is 32.1 Å². The molecule has 0 fully saturated rings. The number of ether oxygens (including phenoxy) is 1. The van der Waals surface area contributed by atoms with Crippen LogP contribution in [0.2, 0.25) is 0 Å². The first-order valence-electron chi connectivity index (χ1n) is 6.36. The smallest absolute Gasteiger partial charge is 0.201 e.